The predicted octanol–water partition coefficient (Wildman–Crippen LogP) is 4.01. The minimum atomic E-state index is -0.810. The van der Waals surface area contributed by atoms with E-state index in [4.69, 9.17) is 44.3 Å². The summed E-state index contributed by atoms with van der Waals surface area (Å²) >= 11 is 17.7. The van der Waals surface area contributed by atoms with Crippen molar-refractivity contribution in [1.82, 2.24) is 5.32 Å². The minimum absolute atomic E-state index is 0.231. The maximum Gasteiger partial charge on any atom is 0.328 e. The first kappa shape index (κ1) is 21.4. The van der Waals surface area contributed by atoms with Gasteiger partial charge in [-0.05, 0) is 29.8 Å². The number of methoxy groups -OCH3 is 1. The molecule has 144 valence electrons. The zero-order chi connectivity index (χ0) is 19.8. The number of rotatable bonds is 8. The number of hydrogen-bond acceptors (Lipinski definition) is 4. The predicted molar refractivity (Wildman–Crippen MR) is 106 cm³/mol. The first-order valence-electron chi connectivity index (χ1n) is 8.02. The quantitative estimate of drug-likeness (QED) is 0.508. The number of benzene rings is 2. The highest BCUT2D eigenvalue weighted by Gasteiger charge is 2.21. The van der Waals surface area contributed by atoms with Crippen molar-refractivity contribution in [1.29, 1.82) is 0 Å². The van der Waals surface area contributed by atoms with E-state index < -0.39 is 17.9 Å². The van der Waals surface area contributed by atoms with Gasteiger partial charge in [-0.1, -0.05) is 41.4 Å². The van der Waals surface area contributed by atoms with Gasteiger partial charge in [-0.25, -0.2) is 4.79 Å². The summed E-state index contributed by atoms with van der Waals surface area (Å²) in [6.45, 7) is 0.231. The number of ether oxygens (including phenoxy) is 2. The minimum Gasteiger partial charge on any atom is -0.489 e. The van der Waals surface area contributed by atoms with E-state index in [0.717, 1.165) is 5.56 Å². The molecule has 0 aliphatic heterocycles. The second-order valence-corrected chi connectivity index (χ2v) is 6.70. The smallest absolute Gasteiger partial charge is 0.328 e. The lowest BCUT2D eigenvalue weighted by atomic mass is 10.1. The average molecular weight is 431 g/mol. The van der Waals surface area contributed by atoms with Gasteiger partial charge in [0.1, 0.15) is 24.3 Å². The van der Waals surface area contributed by atoms with Crippen molar-refractivity contribution in [3.05, 3.63) is 63.6 Å². The first-order valence-corrected chi connectivity index (χ1v) is 9.31. The summed E-state index contributed by atoms with van der Waals surface area (Å²) in [6.07, 6.45) is 0.270. The van der Waals surface area contributed by atoms with Crippen molar-refractivity contribution >= 4 is 46.7 Å². The summed E-state index contributed by atoms with van der Waals surface area (Å²) in [5, 5.41) is 3.61. The van der Waals surface area contributed by atoms with E-state index in [-0.39, 0.29) is 18.9 Å². The molecule has 0 aliphatic carbocycles. The van der Waals surface area contributed by atoms with Crippen molar-refractivity contribution < 1.29 is 19.1 Å². The molecule has 0 heterocycles. The van der Waals surface area contributed by atoms with E-state index >= 15 is 0 Å². The number of halogens is 3. The SMILES string of the molecule is COC(=O)C(Cc1ccc(OCc2c(Cl)cccc2Cl)cc1)NC(=O)CCl. The Morgan fingerprint density at radius 1 is 1.07 bits per heavy atom. The van der Waals surface area contributed by atoms with E-state index in [1.807, 2.05) is 0 Å². The van der Waals surface area contributed by atoms with Crippen LogP contribution in [0, 0.1) is 0 Å². The topological polar surface area (TPSA) is 64.6 Å². The van der Waals surface area contributed by atoms with Crippen LogP contribution in [-0.2, 0) is 27.4 Å². The molecule has 0 aliphatic rings. The van der Waals surface area contributed by atoms with Gasteiger partial charge in [0.15, 0.2) is 0 Å². The molecule has 2 aromatic carbocycles. The summed E-state index contributed by atoms with van der Waals surface area (Å²) < 4.78 is 10.4. The molecular formula is C19H18Cl3NO4. The van der Waals surface area contributed by atoms with Crippen LogP contribution in [0.5, 0.6) is 5.75 Å². The van der Waals surface area contributed by atoms with Crippen LogP contribution in [0.3, 0.4) is 0 Å². The van der Waals surface area contributed by atoms with Gasteiger partial charge in [-0.3, -0.25) is 4.79 Å². The summed E-state index contributed by atoms with van der Waals surface area (Å²) in [6, 6.07) is 11.6. The lowest BCUT2D eigenvalue weighted by Gasteiger charge is -2.16. The standard InChI is InChI=1S/C19H18Cl3NO4/c1-26-19(25)17(23-18(24)10-20)9-12-5-7-13(8-6-12)27-11-14-15(21)3-2-4-16(14)22/h2-8,17H,9-11H2,1H3,(H,23,24). The average Bonchev–Trinajstić information content (AvgIpc) is 2.67. The summed E-state index contributed by atoms with van der Waals surface area (Å²) in [7, 11) is 1.26. The molecule has 2 aromatic rings. The molecule has 1 atom stereocenters. The molecule has 2 rings (SSSR count). The normalized spacial score (nSPS) is 11.6. The van der Waals surface area contributed by atoms with Gasteiger partial charge in [0, 0.05) is 22.0 Å². The largest absolute Gasteiger partial charge is 0.489 e. The lowest BCUT2D eigenvalue weighted by molar-refractivity contribution is -0.144. The molecule has 8 heteroatoms. The highest BCUT2D eigenvalue weighted by Crippen LogP contribution is 2.26. The third-order valence-corrected chi connectivity index (χ3v) is 4.70. The summed E-state index contributed by atoms with van der Waals surface area (Å²) in [5.41, 5.74) is 1.53. The molecule has 5 nitrogen and oxygen atoms in total. The third kappa shape index (κ3) is 6.31. The monoisotopic (exact) mass is 429 g/mol. The summed E-state index contributed by atoms with van der Waals surface area (Å²) in [4.78, 5) is 23.3. The van der Waals surface area contributed by atoms with Crippen molar-refractivity contribution in [3.8, 4) is 5.75 Å². The number of hydrogen-bond donors (Lipinski definition) is 1. The van der Waals surface area contributed by atoms with Gasteiger partial charge in [0.25, 0.3) is 0 Å². The Balaban J connectivity index is 2.01. The molecule has 0 fully saturated rings. The van der Waals surface area contributed by atoms with Crippen molar-refractivity contribution in [2.75, 3.05) is 13.0 Å². The van der Waals surface area contributed by atoms with Crippen LogP contribution in [0.2, 0.25) is 10.0 Å². The maximum atomic E-state index is 11.8. The van der Waals surface area contributed by atoms with E-state index in [0.29, 0.717) is 21.4 Å². The van der Waals surface area contributed by atoms with Crippen LogP contribution in [0.25, 0.3) is 0 Å². The van der Waals surface area contributed by atoms with E-state index in [2.05, 4.69) is 5.32 Å². The third-order valence-electron chi connectivity index (χ3n) is 3.75. The number of carbonyl (C=O) groups excluding carboxylic acids is 2. The lowest BCUT2D eigenvalue weighted by Crippen LogP contribution is -2.43. The molecule has 1 amide bonds. The molecule has 0 spiro atoms. The van der Waals surface area contributed by atoms with E-state index in [9.17, 15) is 9.59 Å². The molecular weight excluding hydrogens is 413 g/mol. The molecule has 0 radical (unpaired) electrons. The van der Waals surface area contributed by atoms with Crippen LogP contribution in [0.15, 0.2) is 42.5 Å². The first-order chi connectivity index (χ1) is 12.9. The molecule has 0 saturated carbocycles. The maximum absolute atomic E-state index is 11.8. The Hall–Kier alpha value is -1.95. The Bertz CT molecular complexity index is 776. The number of amides is 1. The van der Waals surface area contributed by atoms with Crippen molar-refractivity contribution in [2.45, 2.75) is 19.1 Å². The zero-order valence-corrected chi connectivity index (χ0v) is 16.8. The molecule has 1 unspecified atom stereocenters. The van der Waals surface area contributed by atoms with Gasteiger partial charge >= 0.3 is 5.97 Å². The molecule has 0 aromatic heterocycles. The molecule has 27 heavy (non-hydrogen) atoms. The second kappa shape index (κ2) is 10.4. The Labute approximate surface area is 172 Å². The van der Waals surface area contributed by atoms with E-state index in [1.54, 1.807) is 42.5 Å². The van der Waals surface area contributed by atoms with Crippen molar-refractivity contribution in [2.24, 2.45) is 0 Å². The second-order valence-electron chi connectivity index (χ2n) is 5.61. The van der Waals surface area contributed by atoms with Gasteiger partial charge in [0.2, 0.25) is 5.91 Å². The van der Waals surface area contributed by atoms with Crippen LogP contribution in [0.1, 0.15) is 11.1 Å². The fraction of sp³-hybridized carbons (Fsp3) is 0.263. The van der Waals surface area contributed by atoms with Crippen LogP contribution in [-0.4, -0.2) is 30.9 Å². The highest BCUT2D eigenvalue weighted by atomic mass is 35.5. The fourth-order valence-electron chi connectivity index (χ4n) is 2.35. The van der Waals surface area contributed by atoms with Gasteiger partial charge < -0.3 is 14.8 Å². The summed E-state index contributed by atoms with van der Waals surface area (Å²) in [5.74, 6) is -0.592. The Morgan fingerprint density at radius 2 is 1.70 bits per heavy atom. The molecule has 0 saturated heterocycles. The Kier molecular flexibility index (Phi) is 8.23. The van der Waals surface area contributed by atoms with Crippen LogP contribution in [0.4, 0.5) is 0 Å². The molecule has 0 bridgehead atoms. The van der Waals surface area contributed by atoms with Crippen molar-refractivity contribution in [3.63, 3.8) is 0 Å². The number of esters is 1. The number of alkyl halides is 1. The van der Waals surface area contributed by atoms with Gasteiger partial charge in [0.05, 0.1) is 7.11 Å². The Morgan fingerprint density at radius 3 is 2.26 bits per heavy atom. The van der Waals surface area contributed by atoms with Crippen LogP contribution >= 0.6 is 34.8 Å². The van der Waals surface area contributed by atoms with E-state index in [1.165, 1.54) is 7.11 Å². The number of carbonyl (C=O) groups is 2. The van der Waals surface area contributed by atoms with Crippen LogP contribution < -0.4 is 10.1 Å². The van der Waals surface area contributed by atoms with Gasteiger partial charge in [-0.15, -0.1) is 11.6 Å². The molecule has 1 N–H and O–H groups in total. The number of nitrogens with one attached hydrogen (secondary N) is 1. The van der Waals surface area contributed by atoms with Gasteiger partial charge in [-0.2, -0.15) is 0 Å². The zero-order valence-electron chi connectivity index (χ0n) is 14.5. The highest BCUT2D eigenvalue weighted by molar-refractivity contribution is 6.35. The fourth-order valence-corrected chi connectivity index (χ4v) is 2.94.